The number of alkyl halides is 6. The lowest BCUT2D eigenvalue weighted by Crippen LogP contribution is -2.21. The summed E-state index contributed by atoms with van der Waals surface area (Å²) in [5.74, 6) is -1.30. The molecule has 0 unspecified atom stereocenters. The quantitative estimate of drug-likeness (QED) is 0.848. The molecule has 0 radical (unpaired) electrons. The van der Waals surface area contributed by atoms with E-state index in [0.29, 0.717) is 0 Å². The standard InChI is InChI=1S/C9H5F6N3O/c10-8(11,12)4-3-18-5(1-2-16)7(6(4)17)19-9(13,14)15/h3H,1H2,(H2,17,18). The van der Waals surface area contributed by atoms with Crippen LogP contribution in [0.1, 0.15) is 11.3 Å². The first-order valence-corrected chi connectivity index (χ1v) is 4.53. The van der Waals surface area contributed by atoms with E-state index in [1.54, 1.807) is 0 Å². The molecule has 0 aliphatic carbocycles. The first kappa shape index (κ1) is 14.9. The molecule has 0 aliphatic heterocycles. The largest absolute Gasteiger partial charge is 0.573 e. The maximum Gasteiger partial charge on any atom is 0.573 e. The van der Waals surface area contributed by atoms with E-state index in [1.807, 2.05) is 0 Å². The molecule has 1 aromatic heterocycles. The maximum absolute atomic E-state index is 12.5. The van der Waals surface area contributed by atoms with E-state index >= 15 is 0 Å². The zero-order valence-corrected chi connectivity index (χ0v) is 8.93. The lowest BCUT2D eigenvalue weighted by atomic mass is 10.1. The van der Waals surface area contributed by atoms with Gasteiger partial charge in [-0.2, -0.15) is 18.4 Å². The summed E-state index contributed by atoms with van der Waals surface area (Å²) in [5, 5.41) is 8.37. The molecule has 1 aromatic rings. The topological polar surface area (TPSA) is 71.9 Å². The number of anilines is 1. The molecule has 19 heavy (non-hydrogen) atoms. The van der Waals surface area contributed by atoms with Crippen molar-refractivity contribution >= 4 is 5.69 Å². The van der Waals surface area contributed by atoms with Crippen LogP contribution in [0.4, 0.5) is 32.0 Å². The number of rotatable bonds is 2. The summed E-state index contributed by atoms with van der Waals surface area (Å²) < 4.78 is 77.1. The van der Waals surface area contributed by atoms with Gasteiger partial charge in [-0.25, -0.2) is 0 Å². The van der Waals surface area contributed by atoms with Gasteiger partial charge in [0.15, 0.2) is 5.75 Å². The van der Waals surface area contributed by atoms with Crippen LogP contribution in [-0.2, 0) is 12.6 Å². The fourth-order valence-corrected chi connectivity index (χ4v) is 1.20. The molecule has 0 aromatic carbocycles. The number of ether oxygens (including phenoxy) is 1. The Labute approximate surface area is 102 Å². The van der Waals surface area contributed by atoms with Crippen molar-refractivity contribution in [2.45, 2.75) is 19.0 Å². The zero-order chi connectivity index (χ0) is 14.8. The van der Waals surface area contributed by atoms with Crippen molar-refractivity contribution in [3.05, 3.63) is 17.5 Å². The molecule has 0 fully saturated rings. The Bertz CT molecular complexity index is 516. The Morgan fingerprint density at radius 2 is 1.84 bits per heavy atom. The van der Waals surface area contributed by atoms with Crippen molar-refractivity contribution in [1.82, 2.24) is 4.98 Å². The van der Waals surface area contributed by atoms with Crippen molar-refractivity contribution < 1.29 is 31.1 Å². The third-order valence-corrected chi connectivity index (χ3v) is 1.92. The van der Waals surface area contributed by atoms with Gasteiger partial charge in [-0.05, 0) is 0 Å². The molecule has 0 amide bonds. The van der Waals surface area contributed by atoms with Crippen molar-refractivity contribution in [2.75, 3.05) is 5.73 Å². The van der Waals surface area contributed by atoms with E-state index in [4.69, 9.17) is 11.0 Å². The molecular formula is C9H5F6N3O. The molecule has 4 nitrogen and oxygen atoms in total. The van der Waals surface area contributed by atoms with Gasteiger partial charge in [-0.15, -0.1) is 13.2 Å². The van der Waals surface area contributed by atoms with Gasteiger partial charge >= 0.3 is 12.5 Å². The van der Waals surface area contributed by atoms with Gasteiger partial charge in [-0.3, -0.25) is 4.98 Å². The van der Waals surface area contributed by atoms with Gasteiger partial charge in [0, 0.05) is 6.20 Å². The van der Waals surface area contributed by atoms with Crippen LogP contribution >= 0.6 is 0 Å². The molecule has 0 spiro atoms. The normalized spacial score (nSPS) is 12.1. The summed E-state index contributed by atoms with van der Waals surface area (Å²) in [6.07, 6.45) is -10.6. The van der Waals surface area contributed by atoms with Gasteiger partial charge in [0.25, 0.3) is 0 Å². The minimum Gasteiger partial charge on any atom is -0.402 e. The van der Waals surface area contributed by atoms with Crippen LogP contribution in [0.15, 0.2) is 6.20 Å². The van der Waals surface area contributed by atoms with Gasteiger partial charge in [0.05, 0.1) is 23.9 Å². The monoisotopic (exact) mass is 285 g/mol. The van der Waals surface area contributed by atoms with Gasteiger partial charge < -0.3 is 10.5 Å². The smallest absolute Gasteiger partial charge is 0.402 e. The average molecular weight is 285 g/mol. The average Bonchev–Trinajstić information content (AvgIpc) is 2.20. The third-order valence-electron chi connectivity index (χ3n) is 1.92. The molecule has 1 heterocycles. The number of halogens is 6. The number of pyridine rings is 1. The first-order chi connectivity index (χ1) is 8.56. The number of hydrogen-bond donors (Lipinski definition) is 1. The molecule has 10 heteroatoms. The van der Waals surface area contributed by atoms with Crippen molar-refractivity contribution in [3.8, 4) is 11.8 Å². The zero-order valence-electron chi connectivity index (χ0n) is 8.93. The Morgan fingerprint density at radius 3 is 2.26 bits per heavy atom. The summed E-state index contributed by atoms with van der Waals surface area (Å²) in [4.78, 5) is 3.13. The summed E-state index contributed by atoms with van der Waals surface area (Å²) in [6, 6.07) is 1.45. The highest BCUT2D eigenvalue weighted by Gasteiger charge is 2.39. The summed E-state index contributed by atoms with van der Waals surface area (Å²) in [6.45, 7) is 0. The van der Waals surface area contributed by atoms with Crippen LogP contribution < -0.4 is 10.5 Å². The fourth-order valence-electron chi connectivity index (χ4n) is 1.20. The second-order valence-electron chi connectivity index (χ2n) is 3.24. The van der Waals surface area contributed by atoms with Gasteiger partial charge in [0.1, 0.15) is 5.56 Å². The van der Waals surface area contributed by atoms with Gasteiger partial charge in [0.2, 0.25) is 0 Å². The van der Waals surface area contributed by atoms with Crippen molar-refractivity contribution in [3.63, 3.8) is 0 Å². The van der Waals surface area contributed by atoms with Crippen LogP contribution in [0, 0.1) is 11.3 Å². The molecule has 0 bridgehead atoms. The number of hydrogen-bond acceptors (Lipinski definition) is 4. The maximum atomic E-state index is 12.5. The third kappa shape index (κ3) is 3.64. The molecular weight excluding hydrogens is 280 g/mol. The molecule has 1 rings (SSSR count). The Morgan fingerprint density at radius 1 is 1.26 bits per heavy atom. The first-order valence-electron chi connectivity index (χ1n) is 4.53. The fraction of sp³-hybridized carbons (Fsp3) is 0.333. The molecule has 104 valence electrons. The lowest BCUT2D eigenvalue weighted by molar-refractivity contribution is -0.274. The number of nitriles is 1. The number of nitrogens with zero attached hydrogens (tertiary/aromatic N) is 2. The SMILES string of the molecule is N#CCc1ncc(C(F)(F)F)c(N)c1OC(F)(F)F. The van der Waals surface area contributed by atoms with Crippen LogP contribution in [0.2, 0.25) is 0 Å². The van der Waals surface area contributed by atoms with E-state index in [2.05, 4.69) is 9.72 Å². The number of aromatic nitrogens is 1. The van der Waals surface area contributed by atoms with Crippen LogP contribution in [0.25, 0.3) is 0 Å². The lowest BCUT2D eigenvalue weighted by Gasteiger charge is -2.17. The van der Waals surface area contributed by atoms with E-state index in [-0.39, 0.29) is 6.20 Å². The Kier molecular flexibility index (Phi) is 3.78. The number of nitrogens with two attached hydrogens (primary N) is 1. The predicted molar refractivity (Wildman–Crippen MR) is 49.7 cm³/mol. The highest BCUT2D eigenvalue weighted by atomic mass is 19.4. The molecule has 0 aliphatic rings. The van der Waals surface area contributed by atoms with E-state index in [9.17, 15) is 26.3 Å². The molecule has 0 saturated heterocycles. The second-order valence-corrected chi connectivity index (χ2v) is 3.24. The van der Waals surface area contributed by atoms with Crippen LogP contribution in [-0.4, -0.2) is 11.3 Å². The minimum absolute atomic E-state index is 0.255. The minimum atomic E-state index is -5.25. The van der Waals surface area contributed by atoms with Crippen LogP contribution in [0.3, 0.4) is 0 Å². The van der Waals surface area contributed by atoms with Gasteiger partial charge in [-0.1, -0.05) is 0 Å². The second kappa shape index (κ2) is 4.83. The molecule has 2 N–H and O–H groups in total. The van der Waals surface area contributed by atoms with E-state index < -0.39 is 41.7 Å². The molecule has 0 saturated carbocycles. The van der Waals surface area contributed by atoms with Crippen molar-refractivity contribution in [1.29, 1.82) is 5.26 Å². The van der Waals surface area contributed by atoms with E-state index in [1.165, 1.54) is 6.07 Å². The van der Waals surface area contributed by atoms with Crippen LogP contribution in [0.5, 0.6) is 5.75 Å². The Hall–Kier alpha value is -2.18. The predicted octanol–water partition coefficient (Wildman–Crippen LogP) is 2.65. The highest BCUT2D eigenvalue weighted by Crippen LogP contribution is 2.40. The van der Waals surface area contributed by atoms with Crippen molar-refractivity contribution in [2.24, 2.45) is 0 Å². The number of nitrogen functional groups attached to an aromatic ring is 1. The van der Waals surface area contributed by atoms with E-state index in [0.717, 1.165) is 0 Å². The summed E-state index contributed by atoms with van der Waals surface area (Å²) >= 11 is 0. The Balaban J connectivity index is 3.41. The highest BCUT2D eigenvalue weighted by molar-refractivity contribution is 5.61. The molecule has 0 atom stereocenters. The summed E-state index contributed by atoms with van der Waals surface area (Å²) in [7, 11) is 0. The summed E-state index contributed by atoms with van der Waals surface area (Å²) in [5.41, 5.74) is 1.57.